The van der Waals surface area contributed by atoms with Crippen LogP contribution < -0.4 is 0 Å². The first kappa shape index (κ1) is 18.3. The van der Waals surface area contributed by atoms with Crippen molar-refractivity contribution in [2.24, 2.45) is 0 Å². The Labute approximate surface area is 186 Å². The Morgan fingerprint density at radius 3 is 1.91 bits per heavy atom. The number of aromatic nitrogens is 4. The molecule has 0 fully saturated rings. The molecule has 2 aliphatic carbocycles. The average molecular weight is 412 g/mol. The van der Waals surface area contributed by atoms with Gasteiger partial charge in [-0.3, -0.25) is 9.97 Å². The molecule has 2 N–H and O–H groups in total. The van der Waals surface area contributed by atoms with E-state index in [4.69, 9.17) is 0 Å². The Morgan fingerprint density at radius 2 is 1.19 bits per heavy atom. The van der Waals surface area contributed by atoms with Gasteiger partial charge >= 0.3 is 0 Å². The zero-order valence-electron chi connectivity index (χ0n) is 17.3. The van der Waals surface area contributed by atoms with E-state index < -0.39 is 0 Å². The molecule has 0 unspecified atom stereocenters. The third-order valence-electron chi connectivity index (χ3n) is 5.81. The first-order valence-corrected chi connectivity index (χ1v) is 10.6. The molecule has 0 aromatic carbocycles. The summed E-state index contributed by atoms with van der Waals surface area (Å²) in [7, 11) is 0. The number of aromatic amines is 2. The number of fused-ring (bicyclic) bond motifs is 3. The molecule has 0 aromatic heterocycles. The Balaban J connectivity index is 1.30. The molecular weight excluding hydrogens is 392 g/mol. The highest BCUT2D eigenvalue weighted by atomic mass is 14.7. The normalized spacial score (nSPS) is 12.1. The number of nitrogens with one attached hydrogen (secondary N) is 2. The van der Waals surface area contributed by atoms with Gasteiger partial charge in [0, 0.05) is 58.4 Å². The van der Waals surface area contributed by atoms with Crippen molar-refractivity contribution in [2.45, 2.75) is 0 Å². The summed E-state index contributed by atoms with van der Waals surface area (Å²) in [6.45, 7) is 0. The maximum atomic E-state index is 4.65. The maximum absolute atomic E-state index is 4.65. The van der Waals surface area contributed by atoms with Gasteiger partial charge in [-0.25, -0.2) is 0 Å². The van der Waals surface area contributed by atoms with E-state index >= 15 is 0 Å². The Kier molecular flexibility index (Phi) is 4.40. The standard InChI is InChI=1S/C28H20N4/c1-3-19-13-15-29-26(23(19)5-1)10-8-22-7-9-25-21(17-31-22)18-32-28(25)12-11-27-24-6-2-4-20(24)14-16-30-27/h1-18,29-30H/b10-8+,12-11+. The van der Waals surface area contributed by atoms with Crippen LogP contribution in [0.25, 0.3) is 57.7 Å². The second kappa shape index (κ2) is 7.67. The third-order valence-corrected chi connectivity index (χ3v) is 5.81. The molecule has 4 heterocycles. The summed E-state index contributed by atoms with van der Waals surface area (Å²) < 4.78 is 0. The van der Waals surface area contributed by atoms with Gasteiger partial charge in [-0.05, 0) is 59.7 Å². The Morgan fingerprint density at radius 1 is 0.531 bits per heavy atom. The van der Waals surface area contributed by atoms with Crippen LogP contribution in [0.5, 0.6) is 0 Å². The molecule has 0 saturated heterocycles. The van der Waals surface area contributed by atoms with Gasteiger partial charge < -0.3 is 9.97 Å². The van der Waals surface area contributed by atoms with Gasteiger partial charge in [-0.15, -0.1) is 0 Å². The highest BCUT2D eigenvalue weighted by Gasteiger charge is 2.10. The number of pyridine rings is 2. The number of nitrogens with zero attached hydrogens (tertiary/aromatic N) is 2. The number of H-pyrrole nitrogens is 2. The van der Waals surface area contributed by atoms with Gasteiger partial charge in [0.2, 0.25) is 0 Å². The van der Waals surface area contributed by atoms with Gasteiger partial charge in [0.25, 0.3) is 0 Å². The van der Waals surface area contributed by atoms with Gasteiger partial charge in [-0.2, -0.15) is 0 Å². The molecule has 0 bridgehead atoms. The molecule has 4 nitrogen and oxygen atoms in total. The lowest BCUT2D eigenvalue weighted by molar-refractivity contribution is 1.30. The minimum absolute atomic E-state index is 0.892. The molecule has 152 valence electrons. The van der Waals surface area contributed by atoms with E-state index in [1.165, 1.54) is 22.3 Å². The first-order chi connectivity index (χ1) is 15.8. The van der Waals surface area contributed by atoms with E-state index in [1.807, 2.05) is 36.9 Å². The molecule has 0 amide bonds. The highest BCUT2D eigenvalue weighted by molar-refractivity contribution is 5.84. The highest BCUT2D eigenvalue weighted by Crippen LogP contribution is 2.29. The average Bonchev–Trinajstić information content (AvgIpc) is 3.54. The topological polar surface area (TPSA) is 57.4 Å². The fraction of sp³-hybridized carbons (Fsp3) is 0. The van der Waals surface area contributed by atoms with Gasteiger partial charge in [0.05, 0.1) is 11.4 Å². The predicted molar refractivity (Wildman–Crippen MR) is 131 cm³/mol. The third kappa shape index (κ3) is 3.28. The quantitative estimate of drug-likeness (QED) is 0.335. The predicted octanol–water partition coefficient (Wildman–Crippen LogP) is 6.79. The number of rotatable bonds is 4. The van der Waals surface area contributed by atoms with Crippen LogP contribution in [-0.2, 0) is 0 Å². The van der Waals surface area contributed by atoms with E-state index in [9.17, 15) is 0 Å². The second-order valence-corrected chi connectivity index (χ2v) is 7.77. The minimum atomic E-state index is 0.892. The summed E-state index contributed by atoms with van der Waals surface area (Å²) in [6, 6.07) is 20.9. The van der Waals surface area contributed by atoms with E-state index in [-0.39, 0.29) is 0 Å². The zero-order chi connectivity index (χ0) is 21.3. The molecule has 4 heteroatoms. The Bertz CT molecular complexity index is 1480. The zero-order valence-corrected chi connectivity index (χ0v) is 17.3. The van der Waals surface area contributed by atoms with Crippen LogP contribution in [0.15, 0.2) is 85.5 Å². The summed E-state index contributed by atoms with van der Waals surface area (Å²) in [5.41, 5.74) is 10.9. The lowest BCUT2D eigenvalue weighted by Crippen LogP contribution is -1.85. The van der Waals surface area contributed by atoms with Crippen molar-refractivity contribution in [2.75, 3.05) is 0 Å². The molecular formula is C28H20N4. The lowest BCUT2D eigenvalue weighted by Gasteiger charge is -2.03. The molecule has 6 rings (SSSR count). The van der Waals surface area contributed by atoms with Crippen molar-refractivity contribution in [3.63, 3.8) is 0 Å². The molecule has 4 aliphatic heterocycles. The molecule has 32 heavy (non-hydrogen) atoms. The van der Waals surface area contributed by atoms with Crippen molar-refractivity contribution in [1.29, 1.82) is 0 Å². The van der Waals surface area contributed by atoms with E-state index in [2.05, 4.69) is 92.8 Å². The smallest absolute Gasteiger partial charge is 0.0710 e. The van der Waals surface area contributed by atoms with Crippen molar-refractivity contribution >= 4 is 24.3 Å². The number of hydrogen-bond acceptors (Lipinski definition) is 2. The van der Waals surface area contributed by atoms with Crippen LogP contribution in [0, 0.1) is 0 Å². The van der Waals surface area contributed by atoms with E-state index in [1.54, 1.807) is 0 Å². The summed E-state index contributed by atoms with van der Waals surface area (Å²) in [4.78, 5) is 15.9. The SMILES string of the molecule is C(=C\c1[nH]ccc2cccc1-2)/c1ccc2c(/C=C/c3[nH]ccc4cccc3-4)ncc-2cn1. The Hall–Kier alpha value is -4.44. The lowest BCUT2D eigenvalue weighted by atomic mass is 10.1. The van der Waals surface area contributed by atoms with Crippen molar-refractivity contribution in [3.05, 3.63) is 108 Å². The minimum Gasteiger partial charge on any atom is -0.361 e. The van der Waals surface area contributed by atoms with Crippen molar-refractivity contribution in [3.8, 4) is 33.4 Å². The molecule has 6 aliphatic rings. The summed E-state index contributed by atoms with van der Waals surface area (Å²) in [6.07, 6.45) is 15.9. The van der Waals surface area contributed by atoms with E-state index in [0.29, 0.717) is 0 Å². The summed E-state index contributed by atoms with van der Waals surface area (Å²) in [5, 5.41) is 0. The molecule has 0 aromatic rings. The molecule has 0 atom stereocenters. The number of hydrogen-bond donors (Lipinski definition) is 2. The largest absolute Gasteiger partial charge is 0.361 e. The van der Waals surface area contributed by atoms with Crippen molar-refractivity contribution in [1.82, 2.24) is 19.9 Å². The summed E-state index contributed by atoms with van der Waals surface area (Å²) >= 11 is 0. The van der Waals surface area contributed by atoms with Gasteiger partial charge in [0.15, 0.2) is 0 Å². The first-order valence-electron chi connectivity index (χ1n) is 10.6. The fourth-order valence-corrected chi connectivity index (χ4v) is 4.15. The summed E-state index contributed by atoms with van der Waals surface area (Å²) in [5.74, 6) is 0. The van der Waals surface area contributed by atoms with Gasteiger partial charge in [0.1, 0.15) is 0 Å². The van der Waals surface area contributed by atoms with Crippen LogP contribution in [0.1, 0.15) is 22.8 Å². The molecule has 0 saturated carbocycles. The molecule has 0 spiro atoms. The van der Waals surface area contributed by atoms with Crippen LogP contribution in [0.3, 0.4) is 0 Å². The fourth-order valence-electron chi connectivity index (χ4n) is 4.15. The monoisotopic (exact) mass is 412 g/mol. The van der Waals surface area contributed by atoms with Crippen LogP contribution in [-0.4, -0.2) is 19.9 Å². The second-order valence-electron chi connectivity index (χ2n) is 7.77. The van der Waals surface area contributed by atoms with Crippen LogP contribution in [0.2, 0.25) is 0 Å². The van der Waals surface area contributed by atoms with E-state index in [0.717, 1.165) is 33.9 Å². The van der Waals surface area contributed by atoms with Crippen LogP contribution >= 0.6 is 0 Å². The molecule has 0 radical (unpaired) electrons. The van der Waals surface area contributed by atoms with Crippen LogP contribution in [0.4, 0.5) is 0 Å². The van der Waals surface area contributed by atoms with Crippen molar-refractivity contribution < 1.29 is 0 Å². The van der Waals surface area contributed by atoms with Gasteiger partial charge in [-0.1, -0.05) is 36.4 Å². The maximum Gasteiger partial charge on any atom is 0.0710 e.